The molecule has 2 amide bonds. The summed E-state index contributed by atoms with van der Waals surface area (Å²) < 4.78 is 55.0. The number of rotatable bonds is 12. The first kappa shape index (κ1) is 29.7. The van der Waals surface area contributed by atoms with E-state index in [2.05, 4.69) is 16.9 Å². The van der Waals surface area contributed by atoms with Gasteiger partial charge in [0, 0.05) is 30.3 Å². The van der Waals surface area contributed by atoms with E-state index in [1.807, 2.05) is 0 Å². The number of nitrogens with one attached hydrogen (secondary N) is 2. The van der Waals surface area contributed by atoms with Gasteiger partial charge < -0.3 is 30.0 Å². The minimum atomic E-state index is -5.05. The predicted molar refractivity (Wildman–Crippen MR) is 132 cm³/mol. The Morgan fingerprint density at radius 1 is 1.28 bits per heavy atom. The highest BCUT2D eigenvalue weighted by Gasteiger charge is 2.38. The van der Waals surface area contributed by atoms with Crippen molar-refractivity contribution in [2.45, 2.75) is 31.0 Å². The van der Waals surface area contributed by atoms with Crippen LogP contribution in [0.25, 0.3) is 6.08 Å². The second-order valence-electron chi connectivity index (χ2n) is 8.19. The summed E-state index contributed by atoms with van der Waals surface area (Å²) in [5.41, 5.74) is -0.381. The van der Waals surface area contributed by atoms with Crippen LogP contribution in [0.15, 0.2) is 60.1 Å². The third-order valence-corrected chi connectivity index (χ3v) is 5.46. The number of halogens is 3. The fraction of sp³-hybridized carbons (Fsp3) is 0.360. The first-order valence-corrected chi connectivity index (χ1v) is 11.7. The zero-order chi connectivity index (χ0) is 28.4. The van der Waals surface area contributed by atoms with Gasteiger partial charge in [-0.25, -0.2) is 4.79 Å². The normalized spacial score (nSPS) is 19.2. The minimum Gasteiger partial charge on any atom is -0.394 e. The highest BCUT2D eigenvalue weighted by molar-refractivity contribution is 6.04. The van der Waals surface area contributed by atoms with E-state index in [1.165, 1.54) is 24.4 Å². The number of benzene rings is 1. The molecular formula is C25H27F3N4O7. The molecule has 2 heterocycles. The molecule has 0 aliphatic carbocycles. The molecule has 210 valence electrons. The van der Waals surface area contributed by atoms with Crippen molar-refractivity contribution in [3.05, 3.63) is 76.9 Å². The first-order valence-electron chi connectivity index (χ1n) is 11.7. The van der Waals surface area contributed by atoms with Crippen LogP contribution in [0.5, 0.6) is 0 Å². The van der Waals surface area contributed by atoms with Crippen LogP contribution in [-0.4, -0.2) is 71.4 Å². The topological polar surface area (TPSA) is 141 Å². The highest BCUT2D eigenvalue weighted by Crippen LogP contribution is 2.30. The van der Waals surface area contributed by atoms with Gasteiger partial charge in [0.2, 0.25) is 0 Å². The van der Waals surface area contributed by atoms with E-state index in [-0.39, 0.29) is 36.8 Å². The maximum Gasteiger partial charge on any atom is 0.471 e. The fourth-order valence-electron chi connectivity index (χ4n) is 3.60. The molecule has 1 aliphatic heterocycles. The van der Waals surface area contributed by atoms with Gasteiger partial charge in [-0.2, -0.15) is 18.2 Å². The molecule has 1 saturated heterocycles. The average molecular weight is 553 g/mol. The quantitative estimate of drug-likeness (QED) is 0.206. The van der Waals surface area contributed by atoms with E-state index in [0.29, 0.717) is 0 Å². The second kappa shape index (κ2) is 13.8. The summed E-state index contributed by atoms with van der Waals surface area (Å²) in [6.07, 6.45) is -1.89. The van der Waals surface area contributed by atoms with Gasteiger partial charge in [-0.05, 0) is 12.1 Å². The van der Waals surface area contributed by atoms with E-state index in [4.69, 9.17) is 14.2 Å². The van der Waals surface area contributed by atoms with Gasteiger partial charge in [-0.15, -0.1) is 6.58 Å². The Morgan fingerprint density at radius 3 is 2.69 bits per heavy atom. The summed E-state index contributed by atoms with van der Waals surface area (Å²) in [6.45, 7) is 2.79. The fourth-order valence-corrected chi connectivity index (χ4v) is 3.60. The van der Waals surface area contributed by atoms with Crippen molar-refractivity contribution < 1.29 is 42.1 Å². The van der Waals surface area contributed by atoms with Crippen LogP contribution in [-0.2, 0) is 19.0 Å². The molecule has 39 heavy (non-hydrogen) atoms. The van der Waals surface area contributed by atoms with Gasteiger partial charge in [-0.1, -0.05) is 36.4 Å². The number of amides is 2. The number of aliphatic hydroxyl groups excluding tert-OH is 1. The molecule has 0 radical (unpaired) electrons. The lowest BCUT2D eigenvalue weighted by Gasteiger charge is -2.17. The number of hydrogen-bond acceptors (Lipinski definition) is 8. The lowest BCUT2D eigenvalue weighted by molar-refractivity contribution is -0.173. The van der Waals surface area contributed by atoms with Crippen molar-refractivity contribution >= 4 is 23.7 Å². The smallest absolute Gasteiger partial charge is 0.394 e. The predicted octanol–water partition coefficient (Wildman–Crippen LogP) is 2.01. The molecule has 1 unspecified atom stereocenters. The Balaban J connectivity index is 1.85. The standard InChI is InChI=1S/C25H27F3N4O7/c1-2-11-37-15-38-18-12-20(39-19(18)14-33)32-13-17(9-6-10-29-23(35)25(26,27)28)21(31-24(32)36)30-22(34)16-7-4-3-5-8-16/h2-9,13,18-20,33H,1,10-12,14-15H2,(H,29,35)(H,30,31,34,36)/b9-6+/t18?,19-,20-/m1/s1. The Morgan fingerprint density at radius 2 is 2.03 bits per heavy atom. The molecule has 2 aromatic rings. The van der Waals surface area contributed by atoms with Crippen LogP contribution in [0.2, 0.25) is 0 Å². The monoisotopic (exact) mass is 552 g/mol. The maximum atomic E-state index is 12.9. The van der Waals surface area contributed by atoms with Gasteiger partial charge in [0.25, 0.3) is 5.91 Å². The van der Waals surface area contributed by atoms with Crippen molar-refractivity contribution in [2.75, 3.05) is 31.9 Å². The van der Waals surface area contributed by atoms with Gasteiger partial charge in [0.05, 0.1) is 19.3 Å². The molecule has 0 bridgehead atoms. The molecule has 1 fully saturated rings. The molecule has 11 nitrogen and oxygen atoms in total. The van der Waals surface area contributed by atoms with Crippen molar-refractivity contribution in [2.24, 2.45) is 0 Å². The van der Waals surface area contributed by atoms with E-state index < -0.39 is 55.3 Å². The third kappa shape index (κ3) is 8.32. The van der Waals surface area contributed by atoms with E-state index in [0.717, 1.165) is 4.57 Å². The zero-order valence-electron chi connectivity index (χ0n) is 20.6. The zero-order valence-corrected chi connectivity index (χ0v) is 20.6. The number of anilines is 1. The number of aromatic nitrogens is 2. The molecule has 3 atom stereocenters. The van der Waals surface area contributed by atoms with E-state index in [9.17, 15) is 32.7 Å². The molecular weight excluding hydrogens is 525 g/mol. The van der Waals surface area contributed by atoms with Crippen LogP contribution in [0, 0.1) is 0 Å². The lowest BCUT2D eigenvalue weighted by Crippen LogP contribution is -2.36. The molecule has 1 aromatic heterocycles. The maximum absolute atomic E-state index is 12.9. The Kier molecular flexibility index (Phi) is 10.5. The van der Waals surface area contributed by atoms with Crippen LogP contribution in [0.4, 0.5) is 19.0 Å². The van der Waals surface area contributed by atoms with Gasteiger partial charge in [0.1, 0.15) is 24.9 Å². The Bertz CT molecular complexity index is 1230. The van der Waals surface area contributed by atoms with E-state index >= 15 is 0 Å². The number of carbonyl (C=O) groups is 2. The molecule has 0 saturated carbocycles. The Labute approximate surface area is 220 Å². The Hall–Kier alpha value is -3.85. The number of ether oxygens (including phenoxy) is 3. The summed E-state index contributed by atoms with van der Waals surface area (Å²) in [4.78, 5) is 40.6. The van der Waals surface area contributed by atoms with Gasteiger partial charge >= 0.3 is 17.8 Å². The summed E-state index contributed by atoms with van der Waals surface area (Å²) >= 11 is 0. The number of hydrogen-bond donors (Lipinski definition) is 3. The van der Waals surface area contributed by atoms with Crippen molar-refractivity contribution in [3.63, 3.8) is 0 Å². The minimum absolute atomic E-state index is 0.0987. The molecule has 14 heteroatoms. The largest absolute Gasteiger partial charge is 0.471 e. The number of alkyl halides is 3. The van der Waals surface area contributed by atoms with E-state index in [1.54, 1.807) is 35.6 Å². The van der Waals surface area contributed by atoms with Crippen molar-refractivity contribution in [1.29, 1.82) is 0 Å². The first-order chi connectivity index (χ1) is 18.6. The second-order valence-corrected chi connectivity index (χ2v) is 8.19. The highest BCUT2D eigenvalue weighted by atomic mass is 19.4. The average Bonchev–Trinajstić information content (AvgIpc) is 3.32. The van der Waals surface area contributed by atoms with Crippen molar-refractivity contribution in [1.82, 2.24) is 14.9 Å². The van der Waals surface area contributed by atoms with Crippen molar-refractivity contribution in [3.8, 4) is 0 Å². The molecule has 1 aliphatic rings. The van der Waals surface area contributed by atoms with Crippen LogP contribution in [0.1, 0.15) is 28.6 Å². The lowest BCUT2D eigenvalue weighted by atomic mass is 10.2. The van der Waals surface area contributed by atoms with Gasteiger partial charge in [-0.3, -0.25) is 14.2 Å². The summed E-state index contributed by atoms with van der Waals surface area (Å²) in [6, 6.07) is 8.07. The number of nitrogens with zero attached hydrogens (tertiary/aromatic N) is 2. The summed E-state index contributed by atoms with van der Waals surface area (Å²) in [5, 5.41) is 13.9. The van der Waals surface area contributed by atoms with Gasteiger partial charge in [0.15, 0.2) is 0 Å². The third-order valence-electron chi connectivity index (χ3n) is 5.46. The molecule has 3 rings (SSSR count). The van der Waals surface area contributed by atoms with Crippen LogP contribution >= 0.6 is 0 Å². The van der Waals surface area contributed by atoms with Crippen LogP contribution < -0.4 is 16.3 Å². The SMILES string of the molecule is C=CCOCOC1C[C@H](n2cc(/C=C/CNC(=O)C(F)(F)F)c(NC(=O)c3ccccc3)nc2=O)O[C@@H]1CO. The molecule has 3 N–H and O–H groups in total. The summed E-state index contributed by atoms with van der Waals surface area (Å²) in [7, 11) is 0. The number of aliphatic hydroxyl groups is 1. The van der Waals surface area contributed by atoms with Crippen LogP contribution in [0.3, 0.4) is 0 Å². The molecule has 0 spiro atoms. The number of carbonyl (C=O) groups excluding carboxylic acids is 2. The molecule has 1 aromatic carbocycles. The summed E-state index contributed by atoms with van der Waals surface area (Å²) in [5.74, 6) is -2.86.